The van der Waals surface area contributed by atoms with Crippen molar-refractivity contribution in [2.45, 2.75) is 27.3 Å². The molecule has 118 valence electrons. The van der Waals surface area contributed by atoms with E-state index >= 15 is 0 Å². The molecule has 1 N–H and O–H groups in total. The lowest BCUT2D eigenvalue weighted by atomic mass is 10.2. The van der Waals surface area contributed by atoms with Crippen molar-refractivity contribution in [3.63, 3.8) is 0 Å². The van der Waals surface area contributed by atoms with E-state index in [0.29, 0.717) is 39.8 Å². The largest absolute Gasteiger partial charge is 0.461 e. The van der Waals surface area contributed by atoms with Crippen molar-refractivity contribution in [2.75, 3.05) is 11.9 Å². The number of anilines is 1. The van der Waals surface area contributed by atoms with Gasteiger partial charge < -0.3 is 10.1 Å². The SMILES string of the molecule is Cc1nc(NCc2ccccc2Cl)sc1C(=O)OCC(C)C. The fourth-order valence-electron chi connectivity index (χ4n) is 1.78. The lowest BCUT2D eigenvalue weighted by molar-refractivity contribution is 0.0463. The van der Waals surface area contributed by atoms with Gasteiger partial charge in [-0.25, -0.2) is 9.78 Å². The Bertz CT molecular complexity index is 655. The average molecular weight is 339 g/mol. The van der Waals surface area contributed by atoms with Crippen molar-refractivity contribution in [2.24, 2.45) is 5.92 Å². The standard InChI is InChI=1S/C16H19ClN2O2S/c1-10(2)9-21-15(20)14-11(3)19-16(22-14)18-8-12-6-4-5-7-13(12)17/h4-7,10H,8-9H2,1-3H3,(H,18,19). The second-order valence-corrected chi connectivity index (χ2v) is 6.78. The molecule has 0 bridgehead atoms. The van der Waals surface area contributed by atoms with Crippen LogP contribution in [0.4, 0.5) is 5.13 Å². The van der Waals surface area contributed by atoms with Gasteiger partial charge in [-0.15, -0.1) is 0 Å². The number of aryl methyl sites for hydroxylation is 1. The predicted octanol–water partition coefficient (Wildman–Crippen LogP) is 4.53. The van der Waals surface area contributed by atoms with Crippen LogP contribution in [0.1, 0.15) is 34.8 Å². The zero-order valence-corrected chi connectivity index (χ0v) is 14.4. The summed E-state index contributed by atoms with van der Waals surface area (Å²) >= 11 is 7.42. The zero-order valence-electron chi connectivity index (χ0n) is 12.9. The van der Waals surface area contributed by atoms with Crippen molar-refractivity contribution in [1.29, 1.82) is 0 Å². The Morgan fingerprint density at radius 1 is 1.41 bits per heavy atom. The van der Waals surface area contributed by atoms with Gasteiger partial charge in [0.05, 0.1) is 12.3 Å². The molecule has 2 aromatic rings. The van der Waals surface area contributed by atoms with Crippen LogP contribution in [0.15, 0.2) is 24.3 Å². The molecule has 0 atom stereocenters. The highest BCUT2D eigenvalue weighted by molar-refractivity contribution is 7.17. The Hall–Kier alpha value is -1.59. The van der Waals surface area contributed by atoms with Crippen molar-refractivity contribution < 1.29 is 9.53 Å². The Kier molecular flexibility index (Phi) is 5.80. The number of carbonyl (C=O) groups is 1. The van der Waals surface area contributed by atoms with Gasteiger partial charge in [0.1, 0.15) is 4.88 Å². The van der Waals surface area contributed by atoms with Gasteiger partial charge in [0.25, 0.3) is 0 Å². The van der Waals surface area contributed by atoms with E-state index in [2.05, 4.69) is 10.3 Å². The number of nitrogens with zero attached hydrogens (tertiary/aromatic N) is 1. The first-order valence-corrected chi connectivity index (χ1v) is 8.28. The highest BCUT2D eigenvalue weighted by Gasteiger charge is 2.17. The number of hydrogen-bond acceptors (Lipinski definition) is 5. The monoisotopic (exact) mass is 338 g/mol. The van der Waals surface area contributed by atoms with Crippen LogP contribution in [0.2, 0.25) is 5.02 Å². The molecule has 6 heteroatoms. The maximum atomic E-state index is 12.0. The molecule has 0 aliphatic carbocycles. The third-order valence-corrected chi connectivity index (χ3v) is 4.38. The molecule has 4 nitrogen and oxygen atoms in total. The zero-order chi connectivity index (χ0) is 16.1. The van der Waals surface area contributed by atoms with Gasteiger partial charge in [0.15, 0.2) is 5.13 Å². The molecule has 0 radical (unpaired) electrons. The van der Waals surface area contributed by atoms with Crippen molar-refractivity contribution in [1.82, 2.24) is 4.98 Å². The van der Waals surface area contributed by atoms with Crippen molar-refractivity contribution in [3.8, 4) is 0 Å². The summed E-state index contributed by atoms with van der Waals surface area (Å²) in [5.74, 6) is 0.00416. The molecular formula is C16H19ClN2O2S. The maximum absolute atomic E-state index is 12.0. The van der Waals surface area contributed by atoms with Gasteiger partial charge in [-0.2, -0.15) is 0 Å². The first kappa shape index (κ1) is 16.8. The molecule has 0 aliphatic heterocycles. The average Bonchev–Trinajstić information content (AvgIpc) is 2.85. The molecule has 2 rings (SSSR count). The minimum atomic E-state index is -0.311. The van der Waals surface area contributed by atoms with Gasteiger partial charge in [-0.05, 0) is 24.5 Å². The van der Waals surface area contributed by atoms with Crippen LogP contribution in [-0.4, -0.2) is 17.6 Å². The summed E-state index contributed by atoms with van der Waals surface area (Å²) in [7, 11) is 0. The minimum absolute atomic E-state index is 0.311. The van der Waals surface area contributed by atoms with E-state index < -0.39 is 0 Å². The summed E-state index contributed by atoms with van der Waals surface area (Å²) in [6.45, 7) is 6.79. The fourth-order valence-corrected chi connectivity index (χ4v) is 2.84. The number of halogens is 1. The van der Waals surface area contributed by atoms with Gasteiger partial charge in [0, 0.05) is 11.6 Å². The summed E-state index contributed by atoms with van der Waals surface area (Å²) in [5, 5.41) is 4.59. The first-order valence-electron chi connectivity index (χ1n) is 7.09. The van der Waals surface area contributed by atoms with Crippen LogP contribution in [-0.2, 0) is 11.3 Å². The quantitative estimate of drug-likeness (QED) is 0.786. The Labute approximate surface area is 139 Å². The lowest BCUT2D eigenvalue weighted by Gasteiger charge is -2.05. The molecule has 0 aliphatic rings. The molecule has 0 unspecified atom stereocenters. The minimum Gasteiger partial charge on any atom is -0.461 e. The molecular weight excluding hydrogens is 320 g/mol. The summed E-state index contributed by atoms with van der Waals surface area (Å²) in [4.78, 5) is 16.9. The van der Waals surface area contributed by atoms with Crippen LogP contribution < -0.4 is 5.32 Å². The molecule has 1 aromatic carbocycles. The van der Waals surface area contributed by atoms with Gasteiger partial charge in [-0.1, -0.05) is 55.0 Å². The number of thiazole rings is 1. The molecule has 0 saturated heterocycles. The number of esters is 1. The molecule has 1 aromatic heterocycles. The van der Waals surface area contributed by atoms with E-state index in [0.717, 1.165) is 5.56 Å². The first-order chi connectivity index (χ1) is 10.5. The number of aromatic nitrogens is 1. The van der Waals surface area contributed by atoms with E-state index in [9.17, 15) is 4.79 Å². The number of hydrogen-bond donors (Lipinski definition) is 1. The van der Waals surface area contributed by atoms with E-state index in [1.165, 1.54) is 11.3 Å². The fraction of sp³-hybridized carbons (Fsp3) is 0.375. The van der Waals surface area contributed by atoms with Crippen molar-refractivity contribution in [3.05, 3.63) is 45.4 Å². The summed E-state index contributed by atoms with van der Waals surface area (Å²) in [6.07, 6.45) is 0. The second kappa shape index (κ2) is 7.61. The molecule has 0 saturated carbocycles. The number of carbonyl (C=O) groups excluding carboxylic acids is 1. The molecule has 0 amide bonds. The van der Waals surface area contributed by atoms with E-state index in [1.54, 1.807) is 0 Å². The van der Waals surface area contributed by atoms with E-state index in [-0.39, 0.29) is 5.97 Å². The third-order valence-electron chi connectivity index (χ3n) is 2.92. The van der Waals surface area contributed by atoms with Crippen LogP contribution in [0.5, 0.6) is 0 Å². The van der Waals surface area contributed by atoms with Crippen LogP contribution in [0.25, 0.3) is 0 Å². The topological polar surface area (TPSA) is 51.2 Å². The number of nitrogens with one attached hydrogen (secondary N) is 1. The Morgan fingerprint density at radius 2 is 2.14 bits per heavy atom. The van der Waals surface area contributed by atoms with Crippen LogP contribution >= 0.6 is 22.9 Å². The third kappa shape index (κ3) is 4.45. The van der Waals surface area contributed by atoms with Crippen LogP contribution in [0.3, 0.4) is 0 Å². The molecule has 22 heavy (non-hydrogen) atoms. The number of rotatable bonds is 6. The van der Waals surface area contributed by atoms with Gasteiger partial charge in [0.2, 0.25) is 0 Å². The molecule has 1 heterocycles. The smallest absolute Gasteiger partial charge is 0.350 e. The van der Waals surface area contributed by atoms with Gasteiger partial charge >= 0.3 is 5.97 Å². The highest BCUT2D eigenvalue weighted by Crippen LogP contribution is 2.25. The Morgan fingerprint density at radius 3 is 2.82 bits per heavy atom. The lowest BCUT2D eigenvalue weighted by Crippen LogP contribution is -2.09. The predicted molar refractivity (Wildman–Crippen MR) is 90.8 cm³/mol. The summed E-state index contributed by atoms with van der Waals surface area (Å²) in [5.41, 5.74) is 1.67. The van der Waals surface area contributed by atoms with Gasteiger partial charge in [-0.3, -0.25) is 0 Å². The van der Waals surface area contributed by atoms with Crippen LogP contribution in [0, 0.1) is 12.8 Å². The number of ether oxygens (including phenoxy) is 1. The normalized spacial score (nSPS) is 10.8. The number of benzene rings is 1. The van der Waals surface area contributed by atoms with Crippen molar-refractivity contribution >= 4 is 34.0 Å². The summed E-state index contributed by atoms with van der Waals surface area (Å²) in [6, 6.07) is 7.63. The Balaban J connectivity index is 2.00. The second-order valence-electron chi connectivity index (χ2n) is 5.37. The van der Waals surface area contributed by atoms with E-state index in [4.69, 9.17) is 16.3 Å². The highest BCUT2D eigenvalue weighted by atomic mass is 35.5. The maximum Gasteiger partial charge on any atom is 0.350 e. The molecule has 0 spiro atoms. The van der Waals surface area contributed by atoms with E-state index in [1.807, 2.05) is 45.0 Å². The molecule has 0 fully saturated rings. The summed E-state index contributed by atoms with van der Waals surface area (Å²) < 4.78 is 5.25.